The molecule has 0 bridgehead atoms. The number of benzene rings is 3. The van der Waals surface area contributed by atoms with Crippen molar-refractivity contribution in [3.8, 4) is 0 Å². The highest BCUT2D eigenvalue weighted by molar-refractivity contribution is 7.22. The Kier molecular flexibility index (Phi) is 4.27. The van der Waals surface area contributed by atoms with E-state index in [1.807, 2.05) is 91.9 Å². The second-order valence-electron chi connectivity index (χ2n) is 6.30. The lowest BCUT2D eigenvalue weighted by Crippen LogP contribution is -2.38. The van der Waals surface area contributed by atoms with E-state index >= 15 is 0 Å². The third-order valence-electron chi connectivity index (χ3n) is 4.67. The normalized spacial score (nSPS) is 11.4. The van der Waals surface area contributed by atoms with Crippen LogP contribution in [0.15, 0.2) is 84.9 Å². The number of nitrogens with one attached hydrogen (secondary N) is 1. The van der Waals surface area contributed by atoms with E-state index < -0.39 is 5.41 Å². The van der Waals surface area contributed by atoms with E-state index in [2.05, 4.69) is 10.3 Å². The number of hydrogen-bond acceptors (Lipinski definition) is 3. The number of hydrogen-bond donors (Lipinski definition) is 1. The first-order valence-electron chi connectivity index (χ1n) is 8.46. The minimum absolute atomic E-state index is 0.0889. The van der Waals surface area contributed by atoms with Crippen molar-refractivity contribution in [2.45, 2.75) is 12.3 Å². The molecular formula is C22H18N2OS. The highest BCUT2D eigenvalue weighted by Gasteiger charge is 2.37. The highest BCUT2D eigenvalue weighted by atomic mass is 32.1. The second kappa shape index (κ2) is 6.73. The average molecular weight is 358 g/mol. The Bertz CT molecular complexity index is 969. The fraction of sp³-hybridized carbons (Fsp3) is 0.0909. The van der Waals surface area contributed by atoms with Gasteiger partial charge in [0.2, 0.25) is 5.91 Å². The SMILES string of the molecule is CC(C(=O)Nc1nc2ccccc2s1)(c1ccccc1)c1ccccc1. The summed E-state index contributed by atoms with van der Waals surface area (Å²) >= 11 is 1.49. The molecule has 0 aliphatic carbocycles. The van der Waals surface area contributed by atoms with Crippen LogP contribution < -0.4 is 5.32 Å². The molecular weight excluding hydrogens is 340 g/mol. The molecule has 0 spiro atoms. The minimum Gasteiger partial charge on any atom is -0.301 e. The molecule has 1 heterocycles. The lowest BCUT2D eigenvalue weighted by molar-refractivity contribution is -0.119. The number of aromatic nitrogens is 1. The van der Waals surface area contributed by atoms with Gasteiger partial charge in [-0.3, -0.25) is 4.79 Å². The largest absolute Gasteiger partial charge is 0.301 e. The van der Waals surface area contributed by atoms with E-state index in [4.69, 9.17) is 0 Å². The van der Waals surface area contributed by atoms with Gasteiger partial charge in [0, 0.05) is 0 Å². The molecule has 0 fully saturated rings. The van der Waals surface area contributed by atoms with Crippen molar-refractivity contribution in [1.29, 1.82) is 0 Å². The molecule has 1 amide bonds. The first-order chi connectivity index (χ1) is 12.7. The first kappa shape index (κ1) is 16.5. The van der Waals surface area contributed by atoms with Crippen molar-refractivity contribution in [2.75, 3.05) is 5.32 Å². The second-order valence-corrected chi connectivity index (χ2v) is 7.33. The molecule has 0 aliphatic rings. The van der Waals surface area contributed by atoms with E-state index in [1.165, 1.54) is 11.3 Å². The lowest BCUT2D eigenvalue weighted by atomic mass is 9.75. The van der Waals surface area contributed by atoms with Gasteiger partial charge in [0.15, 0.2) is 5.13 Å². The Morgan fingerprint density at radius 3 is 1.96 bits per heavy atom. The molecule has 3 nitrogen and oxygen atoms in total. The summed E-state index contributed by atoms with van der Waals surface area (Å²) < 4.78 is 1.06. The molecule has 0 atom stereocenters. The monoisotopic (exact) mass is 358 g/mol. The van der Waals surface area contributed by atoms with Crippen molar-refractivity contribution in [2.24, 2.45) is 0 Å². The Hall–Kier alpha value is -2.98. The fourth-order valence-corrected chi connectivity index (χ4v) is 3.98. The van der Waals surface area contributed by atoms with Crippen LogP contribution in [0.1, 0.15) is 18.1 Å². The Morgan fingerprint density at radius 2 is 1.38 bits per heavy atom. The van der Waals surface area contributed by atoms with Gasteiger partial charge < -0.3 is 5.32 Å². The molecule has 0 radical (unpaired) electrons. The smallest absolute Gasteiger partial charge is 0.240 e. The fourth-order valence-electron chi connectivity index (χ4n) is 3.12. The van der Waals surface area contributed by atoms with Crippen LogP contribution in [0.4, 0.5) is 5.13 Å². The zero-order valence-electron chi connectivity index (χ0n) is 14.3. The summed E-state index contributed by atoms with van der Waals surface area (Å²) in [7, 11) is 0. The van der Waals surface area contributed by atoms with Gasteiger partial charge in [-0.05, 0) is 30.2 Å². The van der Waals surface area contributed by atoms with Crippen molar-refractivity contribution in [1.82, 2.24) is 4.98 Å². The van der Waals surface area contributed by atoms with Crippen LogP contribution in [-0.4, -0.2) is 10.9 Å². The Balaban J connectivity index is 1.75. The first-order valence-corrected chi connectivity index (χ1v) is 9.27. The lowest BCUT2D eigenvalue weighted by Gasteiger charge is -2.29. The molecule has 4 heteroatoms. The summed E-state index contributed by atoms with van der Waals surface area (Å²) in [5.74, 6) is -0.0889. The van der Waals surface area contributed by atoms with Crippen LogP contribution in [0.3, 0.4) is 0 Å². The zero-order chi connectivity index (χ0) is 18.0. The van der Waals surface area contributed by atoms with Crippen molar-refractivity contribution in [3.63, 3.8) is 0 Å². The standard InChI is InChI=1S/C22H18N2OS/c1-22(16-10-4-2-5-11-16,17-12-6-3-7-13-17)20(25)24-21-23-18-14-8-9-15-19(18)26-21/h2-15H,1H3,(H,23,24,25). The molecule has 1 aromatic heterocycles. The van der Waals surface area contributed by atoms with E-state index in [-0.39, 0.29) is 5.91 Å². The molecule has 3 aromatic carbocycles. The molecule has 0 unspecified atom stereocenters. The summed E-state index contributed by atoms with van der Waals surface area (Å²) in [5, 5.41) is 3.66. The topological polar surface area (TPSA) is 42.0 Å². The molecule has 0 aliphatic heterocycles. The van der Waals surface area contributed by atoms with E-state index in [1.54, 1.807) is 0 Å². The molecule has 1 N–H and O–H groups in total. The predicted octanol–water partition coefficient (Wildman–Crippen LogP) is 5.24. The average Bonchev–Trinajstić information content (AvgIpc) is 3.11. The number of nitrogens with zero attached hydrogens (tertiary/aromatic N) is 1. The number of thiazole rings is 1. The number of anilines is 1. The van der Waals surface area contributed by atoms with Gasteiger partial charge in [-0.25, -0.2) is 4.98 Å². The molecule has 4 aromatic rings. The number of rotatable bonds is 4. The number of fused-ring (bicyclic) bond motifs is 1. The predicted molar refractivity (Wildman–Crippen MR) is 108 cm³/mol. The van der Waals surface area contributed by atoms with Gasteiger partial charge in [0.1, 0.15) is 0 Å². The van der Waals surface area contributed by atoms with Crippen LogP contribution in [0, 0.1) is 0 Å². The summed E-state index contributed by atoms with van der Waals surface area (Å²) in [5.41, 5.74) is 1.99. The molecule has 128 valence electrons. The Morgan fingerprint density at radius 1 is 0.846 bits per heavy atom. The van der Waals surface area contributed by atoms with Crippen molar-refractivity contribution >= 4 is 32.6 Å². The van der Waals surface area contributed by atoms with Gasteiger partial charge >= 0.3 is 0 Å². The number of carbonyl (C=O) groups excluding carboxylic acids is 1. The maximum atomic E-state index is 13.4. The summed E-state index contributed by atoms with van der Waals surface area (Å²) in [6.45, 7) is 1.96. The minimum atomic E-state index is -0.805. The molecule has 4 rings (SSSR count). The van der Waals surface area contributed by atoms with Crippen LogP contribution in [-0.2, 0) is 10.2 Å². The van der Waals surface area contributed by atoms with Gasteiger partial charge in [-0.15, -0.1) is 0 Å². The maximum Gasteiger partial charge on any atom is 0.240 e. The van der Waals surface area contributed by atoms with Gasteiger partial charge in [-0.1, -0.05) is 84.1 Å². The van der Waals surface area contributed by atoms with Crippen molar-refractivity contribution < 1.29 is 4.79 Å². The Labute approximate surface area is 156 Å². The van der Waals surface area contributed by atoms with Crippen molar-refractivity contribution in [3.05, 3.63) is 96.1 Å². The highest BCUT2D eigenvalue weighted by Crippen LogP contribution is 2.34. The quantitative estimate of drug-likeness (QED) is 0.542. The molecule has 0 saturated heterocycles. The number of carbonyl (C=O) groups is 1. The van der Waals surface area contributed by atoms with E-state index in [9.17, 15) is 4.79 Å². The van der Waals surface area contributed by atoms with Gasteiger partial charge in [0.05, 0.1) is 15.6 Å². The van der Waals surface area contributed by atoms with E-state index in [0.717, 1.165) is 21.3 Å². The third-order valence-corrected chi connectivity index (χ3v) is 5.62. The number of para-hydroxylation sites is 1. The third kappa shape index (κ3) is 2.89. The van der Waals surface area contributed by atoms with Crippen LogP contribution in [0.25, 0.3) is 10.2 Å². The molecule has 0 saturated carbocycles. The van der Waals surface area contributed by atoms with Crippen LogP contribution in [0.2, 0.25) is 0 Å². The number of amides is 1. The van der Waals surface area contributed by atoms with Crippen LogP contribution in [0.5, 0.6) is 0 Å². The summed E-state index contributed by atoms with van der Waals surface area (Å²) in [6, 6.07) is 27.6. The summed E-state index contributed by atoms with van der Waals surface area (Å²) in [4.78, 5) is 17.9. The molecule has 26 heavy (non-hydrogen) atoms. The van der Waals surface area contributed by atoms with Crippen LogP contribution >= 0.6 is 11.3 Å². The zero-order valence-corrected chi connectivity index (χ0v) is 15.2. The summed E-state index contributed by atoms with van der Waals surface area (Å²) in [6.07, 6.45) is 0. The maximum absolute atomic E-state index is 13.4. The van der Waals surface area contributed by atoms with Gasteiger partial charge in [0.25, 0.3) is 0 Å². The van der Waals surface area contributed by atoms with E-state index in [0.29, 0.717) is 5.13 Å². The van der Waals surface area contributed by atoms with Gasteiger partial charge in [-0.2, -0.15) is 0 Å².